The Morgan fingerprint density at radius 1 is 1.53 bits per heavy atom. The van der Waals surface area contributed by atoms with Gasteiger partial charge in [-0.2, -0.15) is 8.78 Å². The number of halogens is 2. The second-order valence-corrected chi connectivity index (χ2v) is 3.63. The van der Waals surface area contributed by atoms with Gasteiger partial charge in [0.15, 0.2) is 5.60 Å². The number of nitrogens with zero attached hydrogens (tertiary/aromatic N) is 1. The van der Waals surface area contributed by atoms with Crippen LogP contribution in [0.4, 0.5) is 13.6 Å². The molecular formula is C9H11F2NO5. The minimum atomic E-state index is -4.30. The van der Waals surface area contributed by atoms with Gasteiger partial charge in [0, 0.05) is 0 Å². The van der Waals surface area contributed by atoms with Crippen molar-refractivity contribution in [1.29, 1.82) is 0 Å². The third-order valence-electron chi connectivity index (χ3n) is 2.34. The van der Waals surface area contributed by atoms with Gasteiger partial charge in [0.2, 0.25) is 0 Å². The van der Waals surface area contributed by atoms with Gasteiger partial charge >= 0.3 is 18.0 Å². The lowest BCUT2D eigenvalue weighted by Crippen LogP contribution is -2.73. The molecule has 2 N–H and O–H groups in total. The van der Waals surface area contributed by atoms with Crippen LogP contribution >= 0.6 is 0 Å². The van der Waals surface area contributed by atoms with E-state index in [9.17, 15) is 23.5 Å². The predicted octanol–water partition coefficient (Wildman–Crippen LogP) is 0.0756. The number of ether oxygens (including phenoxy) is 1. The lowest BCUT2D eigenvalue weighted by Gasteiger charge is -2.47. The number of aliphatic hydroxyl groups is 1. The fraction of sp³-hybridized carbons (Fsp3) is 0.556. The number of rotatable bonds is 4. The molecule has 0 aromatic carbocycles. The van der Waals surface area contributed by atoms with E-state index in [1.807, 2.05) is 0 Å². The van der Waals surface area contributed by atoms with Gasteiger partial charge in [-0.1, -0.05) is 12.7 Å². The molecule has 1 amide bonds. The third-order valence-corrected chi connectivity index (χ3v) is 2.34. The molecule has 1 saturated heterocycles. The lowest BCUT2D eigenvalue weighted by molar-refractivity contribution is -0.239. The molecule has 8 heteroatoms. The van der Waals surface area contributed by atoms with Crippen molar-refractivity contribution in [3.05, 3.63) is 12.7 Å². The molecule has 0 unspecified atom stereocenters. The molecule has 0 aromatic heterocycles. The van der Waals surface area contributed by atoms with Crippen molar-refractivity contribution >= 4 is 12.1 Å². The van der Waals surface area contributed by atoms with E-state index < -0.39 is 36.7 Å². The van der Waals surface area contributed by atoms with E-state index in [1.165, 1.54) is 6.08 Å². The SMILES string of the molecule is C=CCOC(=O)N1CC(O)(C(F)(F)C(=O)O)C1. The number of carbonyl (C=O) groups excluding carboxylic acids is 1. The zero-order chi connectivity index (χ0) is 13.3. The molecular weight excluding hydrogens is 240 g/mol. The minimum Gasteiger partial charge on any atom is -0.477 e. The summed E-state index contributed by atoms with van der Waals surface area (Å²) in [5.74, 6) is -6.73. The van der Waals surface area contributed by atoms with Crippen molar-refractivity contribution in [1.82, 2.24) is 4.90 Å². The molecule has 0 aliphatic carbocycles. The average molecular weight is 251 g/mol. The molecule has 0 atom stereocenters. The summed E-state index contributed by atoms with van der Waals surface area (Å²) in [4.78, 5) is 22.2. The van der Waals surface area contributed by atoms with Gasteiger partial charge in [0.25, 0.3) is 0 Å². The van der Waals surface area contributed by atoms with Crippen molar-refractivity contribution in [2.24, 2.45) is 0 Å². The highest BCUT2D eigenvalue weighted by Crippen LogP contribution is 2.37. The van der Waals surface area contributed by atoms with Crippen LogP contribution < -0.4 is 0 Å². The number of carbonyl (C=O) groups is 2. The van der Waals surface area contributed by atoms with Crippen LogP contribution in [-0.2, 0) is 9.53 Å². The zero-order valence-corrected chi connectivity index (χ0v) is 8.73. The van der Waals surface area contributed by atoms with Crippen LogP contribution in [0.1, 0.15) is 0 Å². The van der Waals surface area contributed by atoms with E-state index in [2.05, 4.69) is 11.3 Å². The Kier molecular flexibility index (Phi) is 3.37. The molecule has 1 heterocycles. The second-order valence-electron chi connectivity index (χ2n) is 3.63. The number of alkyl halides is 2. The molecule has 6 nitrogen and oxygen atoms in total. The highest BCUT2D eigenvalue weighted by Gasteiger charge is 2.65. The largest absolute Gasteiger partial charge is 0.477 e. The number of β-amino-alcohol motifs (C(OH)–C–C–N with tert-alkyl or cyclic N) is 1. The summed E-state index contributed by atoms with van der Waals surface area (Å²) in [6.07, 6.45) is 0.381. The minimum absolute atomic E-state index is 0.0942. The first-order valence-corrected chi connectivity index (χ1v) is 4.61. The Hall–Kier alpha value is -1.70. The standard InChI is InChI=1S/C9H11F2NO5/c1-2-3-17-7(15)12-4-8(16,5-12)9(10,11)6(13)14/h2,16H,1,3-5H2,(H,13,14). The van der Waals surface area contributed by atoms with Crippen molar-refractivity contribution in [3.8, 4) is 0 Å². The molecule has 1 rings (SSSR count). The summed E-state index contributed by atoms with van der Waals surface area (Å²) in [6, 6.07) is 0. The number of carboxylic acid groups (broad SMARTS) is 1. The zero-order valence-electron chi connectivity index (χ0n) is 8.73. The van der Waals surface area contributed by atoms with E-state index in [1.54, 1.807) is 0 Å². The van der Waals surface area contributed by atoms with Gasteiger partial charge in [-0.15, -0.1) is 0 Å². The smallest absolute Gasteiger partial charge is 0.410 e. The Labute approximate surface area is 95.1 Å². The van der Waals surface area contributed by atoms with Crippen LogP contribution in [-0.4, -0.2) is 58.4 Å². The van der Waals surface area contributed by atoms with E-state index in [-0.39, 0.29) is 6.61 Å². The van der Waals surface area contributed by atoms with Crippen molar-refractivity contribution in [3.63, 3.8) is 0 Å². The third kappa shape index (κ3) is 2.21. The highest BCUT2D eigenvalue weighted by molar-refractivity contribution is 5.79. The predicted molar refractivity (Wildman–Crippen MR) is 50.7 cm³/mol. The molecule has 96 valence electrons. The number of likely N-dealkylation sites (tertiary alicyclic amines) is 1. The Morgan fingerprint density at radius 3 is 2.47 bits per heavy atom. The second kappa shape index (κ2) is 4.28. The Balaban J connectivity index is 2.57. The topological polar surface area (TPSA) is 87.1 Å². The number of hydrogen-bond acceptors (Lipinski definition) is 4. The Bertz CT molecular complexity index is 351. The molecule has 1 aliphatic heterocycles. The molecule has 0 aromatic rings. The summed E-state index contributed by atoms with van der Waals surface area (Å²) in [6.45, 7) is 1.61. The van der Waals surface area contributed by atoms with Crippen molar-refractivity contribution in [2.75, 3.05) is 19.7 Å². The van der Waals surface area contributed by atoms with Gasteiger partial charge in [-0.25, -0.2) is 9.59 Å². The van der Waals surface area contributed by atoms with Gasteiger partial charge < -0.3 is 19.8 Å². The Morgan fingerprint density at radius 2 is 2.06 bits per heavy atom. The van der Waals surface area contributed by atoms with Crippen LogP contribution in [0, 0.1) is 0 Å². The maximum atomic E-state index is 13.0. The van der Waals surface area contributed by atoms with Crippen LogP contribution in [0.3, 0.4) is 0 Å². The summed E-state index contributed by atoms with van der Waals surface area (Å²) in [5, 5.41) is 17.6. The van der Waals surface area contributed by atoms with Gasteiger partial charge in [0.05, 0.1) is 13.1 Å². The monoisotopic (exact) mass is 251 g/mol. The van der Waals surface area contributed by atoms with Crippen LogP contribution in [0.2, 0.25) is 0 Å². The van der Waals surface area contributed by atoms with Crippen LogP contribution in [0.5, 0.6) is 0 Å². The van der Waals surface area contributed by atoms with Crippen LogP contribution in [0.15, 0.2) is 12.7 Å². The number of aliphatic carboxylic acids is 1. The van der Waals surface area contributed by atoms with Gasteiger partial charge in [-0.3, -0.25) is 0 Å². The summed E-state index contributed by atoms with van der Waals surface area (Å²) >= 11 is 0. The first-order valence-electron chi connectivity index (χ1n) is 4.61. The molecule has 17 heavy (non-hydrogen) atoms. The van der Waals surface area contributed by atoms with E-state index in [0.29, 0.717) is 0 Å². The summed E-state index contributed by atoms with van der Waals surface area (Å²) in [7, 11) is 0. The maximum absolute atomic E-state index is 13.0. The fourth-order valence-electron chi connectivity index (χ4n) is 1.33. The molecule has 0 saturated carbocycles. The van der Waals surface area contributed by atoms with E-state index >= 15 is 0 Å². The molecule has 1 aliphatic rings. The van der Waals surface area contributed by atoms with Crippen molar-refractivity contribution in [2.45, 2.75) is 11.5 Å². The summed E-state index contributed by atoms with van der Waals surface area (Å²) in [5.41, 5.74) is -2.74. The number of amides is 1. The fourth-order valence-corrected chi connectivity index (χ4v) is 1.33. The van der Waals surface area contributed by atoms with Gasteiger partial charge in [-0.05, 0) is 0 Å². The maximum Gasteiger partial charge on any atom is 0.410 e. The van der Waals surface area contributed by atoms with Gasteiger partial charge in [0.1, 0.15) is 6.61 Å². The highest BCUT2D eigenvalue weighted by atomic mass is 19.3. The average Bonchev–Trinajstić information content (AvgIpc) is 2.20. The normalized spacial score (nSPS) is 18.2. The molecule has 0 bridgehead atoms. The first kappa shape index (κ1) is 13.4. The quantitative estimate of drug-likeness (QED) is 0.691. The number of hydrogen-bond donors (Lipinski definition) is 2. The van der Waals surface area contributed by atoms with Crippen molar-refractivity contribution < 1.29 is 33.3 Å². The molecule has 0 radical (unpaired) electrons. The lowest BCUT2D eigenvalue weighted by atomic mass is 9.87. The van der Waals surface area contributed by atoms with E-state index in [4.69, 9.17) is 5.11 Å². The summed E-state index contributed by atoms with van der Waals surface area (Å²) < 4.78 is 30.6. The van der Waals surface area contributed by atoms with Crippen LogP contribution in [0.25, 0.3) is 0 Å². The number of carboxylic acids is 1. The first-order chi connectivity index (χ1) is 7.74. The molecule has 0 spiro atoms. The van der Waals surface area contributed by atoms with E-state index in [0.717, 1.165) is 4.90 Å². The molecule has 1 fully saturated rings.